The molecular formula is C22H30O5. The van der Waals surface area contributed by atoms with Crippen molar-refractivity contribution >= 4 is 11.8 Å². The Morgan fingerprint density at radius 2 is 1.93 bits per heavy atom. The number of allylic oxidation sites excluding steroid dienone is 1. The second-order valence-corrected chi connectivity index (χ2v) is 9.81. The Labute approximate surface area is 160 Å². The average Bonchev–Trinajstić information content (AvgIpc) is 3.17. The standard InChI is InChI=1S/C22H30O5/c1-13-14-4-5-17-20(2)12-22(26-8-9-27-22)11-15(19(24)25-3)16(20)6-7-21(17,10-14)18(13)23/h14-17H,1,4-12H2,2-3H3/t14-,15-,16-,17+,20-,21-/m1/s1. The minimum absolute atomic E-state index is 0.156. The Balaban J connectivity index is 1.59. The summed E-state index contributed by atoms with van der Waals surface area (Å²) >= 11 is 0. The molecule has 2 spiro atoms. The normalized spacial score (nSPS) is 47.6. The van der Waals surface area contributed by atoms with E-state index >= 15 is 0 Å². The van der Waals surface area contributed by atoms with Gasteiger partial charge < -0.3 is 14.2 Å². The number of carbonyl (C=O) groups excluding carboxylic acids is 2. The van der Waals surface area contributed by atoms with Crippen molar-refractivity contribution in [3.63, 3.8) is 0 Å². The molecule has 5 rings (SSSR count). The zero-order valence-corrected chi connectivity index (χ0v) is 16.4. The molecule has 5 aliphatic rings. The molecule has 5 fully saturated rings. The molecule has 5 nitrogen and oxygen atoms in total. The topological polar surface area (TPSA) is 61.8 Å². The van der Waals surface area contributed by atoms with E-state index < -0.39 is 5.79 Å². The molecule has 0 radical (unpaired) electrons. The summed E-state index contributed by atoms with van der Waals surface area (Å²) in [5.74, 6) is 0.0796. The van der Waals surface area contributed by atoms with Crippen LogP contribution in [0.4, 0.5) is 0 Å². The zero-order chi connectivity index (χ0) is 19.0. The quantitative estimate of drug-likeness (QED) is 0.521. The van der Waals surface area contributed by atoms with Crippen LogP contribution in [0.3, 0.4) is 0 Å². The smallest absolute Gasteiger partial charge is 0.309 e. The molecule has 0 N–H and O–H groups in total. The van der Waals surface area contributed by atoms with Crippen molar-refractivity contribution in [3.8, 4) is 0 Å². The van der Waals surface area contributed by atoms with Crippen LogP contribution in [0.5, 0.6) is 0 Å². The van der Waals surface area contributed by atoms with E-state index in [0.717, 1.165) is 44.1 Å². The first-order valence-electron chi connectivity index (χ1n) is 10.4. The third-order valence-corrected chi connectivity index (χ3v) is 8.85. The summed E-state index contributed by atoms with van der Waals surface area (Å²) in [6.45, 7) is 7.58. The van der Waals surface area contributed by atoms with Crippen LogP contribution in [0.25, 0.3) is 0 Å². The lowest BCUT2D eigenvalue weighted by Crippen LogP contribution is -2.61. The van der Waals surface area contributed by atoms with Gasteiger partial charge in [0.25, 0.3) is 0 Å². The van der Waals surface area contributed by atoms with Gasteiger partial charge in [-0.3, -0.25) is 9.59 Å². The summed E-state index contributed by atoms with van der Waals surface area (Å²) in [7, 11) is 1.47. The van der Waals surface area contributed by atoms with E-state index in [0.29, 0.717) is 31.3 Å². The summed E-state index contributed by atoms with van der Waals surface area (Å²) in [6, 6.07) is 0. The summed E-state index contributed by atoms with van der Waals surface area (Å²) < 4.78 is 17.4. The molecule has 1 heterocycles. The van der Waals surface area contributed by atoms with Crippen molar-refractivity contribution in [2.45, 2.75) is 57.7 Å². The molecule has 27 heavy (non-hydrogen) atoms. The molecular weight excluding hydrogens is 344 g/mol. The van der Waals surface area contributed by atoms with Crippen molar-refractivity contribution < 1.29 is 23.8 Å². The van der Waals surface area contributed by atoms with Crippen molar-refractivity contribution in [3.05, 3.63) is 12.2 Å². The molecule has 2 bridgehead atoms. The fourth-order valence-electron chi connectivity index (χ4n) is 7.89. The fraction of sp³-hybridized carbons (Fsp3) is 0.818. The molecule has 1 aliphatic heterocycles. The Bertz CT molecular complexity index is 707. The molecule has 1 saturated heterocycles. The first-order chi connectivity index (χ1) is 12.9. The Hall–Kier alpha value is -1.20. The molecule has 6 atom stereocenters. The van der Waals surface area contributed by atoms with E-state index in [2.05, 4.69) is 13.5 Å². The highest BCUT2D eigenvalue weighted by molar-refractivity contribution is 6.03. The summed E-state index contributed by atoms with van der Waals surface area (Å²) in [5, 5.41) is 0. The van der Waals surface area contributed by atoms with Crippen LogP contribution in [-0.4, -0.2) is 37.9 Å². The van der Waals surface area contributed by atoms with Crippen LogP contribution in [0.2, 0.25) is 0 Å². The third-order valence-electron chi connectivity index (χ3n) is 8.85. The molecule has 0 aromatic rings. The SMILES string of the molecule is C=C1C(=O)[C@@]23CC[C@@H]4[C@H](C(=O)OC)CC5(C[C@@]4(C)[C@@H]2CC[C@@H]1C3)OCCO5. The third kappa shape index (κ3) is 2.19. The van der Waals surface area contributed by atoms with Crippen molar-refractivity contribution in [2.75, 3.05) is 20.3 Å². The maximum Gasteiger partial charge on any atom is 0.309 e. The predicted octanol–water partition coefficient (Wildman–Crippen LogP) is 3.27. The second kappa shape index (κ2) is 5.66. The van der Waals surface area contributed by atoms with E-state index in [1.165, 1.54) is 7.11 Å². The Kier molecular flexibility index (Phi) is 3.75. The molecule has 0 aromatic heterocycles. The van der Waals surface area contributed by atoms with Crippen LogP contribution >= 0.6 is 0 Å². The number of methoxy groups -OCH3 is 1. The molecule has 5 heteroatoms. The van der Waals surface area contributed by atoms with Crippen LogP contribution in [-0.2, 0) is 23.8 Å². The number of Topliss-reactive ketones (excluding diaryl/α,β-unsaturated/α-hetero) is 1. The van der Waals surface area contributed by atoms with Crippen LogP contribution in [0.15, 0.2) is 12.2 Å². The van der Waals surface area contributed by atoms with Gasteiger partial charge in [0.2, 0.25) is 0 Å². The minimum Gasteiger partial charge on any atom is -0.469 e. The van der Waals surface area contributed by atoms with Gasteiger partial charge in [-0.2, -0.15) is 0 Å². The number of fused-ring (bicyclic) bond motifs is 3. The van der Waals surface area contributed by atoms with Gasteiger partial charge in [-0.15, -0.1) is 0 Å². The van der Waals surface area contributed by atoms with Gasteiger partial charge in [0.05, 0.1) is 26.2 Å². The summed E-state index contributed by atoms with van der Waals surface area (Å²) in [5.41, 5.74) is 0.413. The molecule has 4 saturated carbocycles. The fourth-order valence-corrected chi connectivity index (χ4v) is 7.89. The van der Waals surface area contributed by atoms with Gasteiger partial charge in [0.15, 0.2) is 11.6 Å². The minimum atomic E-state index is -0.696. The zero-order valence-electron chi connectivity index (χ0n) is 16.4. The van der Waals surface area contributed by atoms with Gasteiger partial charge in [-0.1, -0.05) is 13.5 Å². The van der Waals surface area contributed by atoms with Crippen molar-refractivity contribution in [1.82, 2.24) is 0 Å². The first-order valence-corrected chi connectivity index (χ1v) is 10.4. The highest BCUT2D eigenvalue weighted by Crippen LogP contribution is 2.70. The number of ketones is 1. The van der Waals surface area contributed by atoms with E-state index in [4.69, 9.17) is 14.2 Å². The van der Waals surface area contributed by atoms with Gasteiger partial charge in [-0.05, 0) is 60.8 Å². The molecule has 148 valence electrons. The van der Waals surface area contributed by atoms with Gasteiger partial charge >= 0.3 is 5.97 Å². The monoisotopic (exact) mass is 374 g/mol. The predicted molar refractivity (Wildman–Crippen MR) is 97.6 cm³/mol. The molecule has 0 aromatic carbocycles. The lowest BCUT2D eigenvalue weighted by molar-refractivity contribution is -0.256. The Morgan fingerprint density at radius 1 is 1.19 bits per heavy atom. The van der Waals surface area contributed by atoms with E-state index in [1.54, 1.807) is 0 Å². The van der Waals surface area contributed by atoms with Gasteiger partial charge in [0, 0.05) is 18.3 Å². The highest BCUT2D eigenvalue weighted by Gasteiger charge is 2.69. The lowest BCUT2D eigenvalue weighted by Gasteiger charge is -2.62. The maximum absolute atomic E-state index is 13.3. The maximum atomic E-state index is 13.3. The summed E-state index contributed by atoms with van der Waals surface area (Å²) in [6.07, 6.45) is 6.15. The van der Waals surface area contributed by atoms with Gasteiger partial charge in [-0.25, -0.2) is 0 Å². The number of rotatable bonds is 1. The lowest BCUT2D eigenvalue weighted by atomic mass is 9.42. The molecule has 0 amide bonds. The first kappa shape index (κ1) is 17.9. The number of hydrogen-bond acceptors (Lipinski definition) is 5. The van der Waals surface area contributed by atoms with E-state index in [9.17, 15) is 9.59 Å². The van der Waals surface area contributed by atoms with Gasteiger partial charge in [0.1, 0.15) is 0 Å². The molecule has 0 unspecified atom stereocenters. The highest BCUT2D eigenvalue weighted by atomic mass is 16.7. The Morgan fingerprint density at radius 3 is 2.63 bits per heavy atom. The number of hydrogen-bond donors (Lipinski definition) is 0. The van der Waals surface area contributed by atoms with Crippen LogP contribution < -0.4 is 0 Å². The van der Waals surface area contributed by atoms with E-state index in [1.807, 2.05) is 0 Å². The van der Waals surface area contributed by atoms with Crippen LogP contribution in [0.1, 0.15) is 51.9 Å². The van der Waals surface area contributed by atoms with Crippen molar-refractivity contribution in [2.24, 2.45) is 34.5 Å². The number of ether oxygens (including phenoxy) is 3. The number of carbonyl (C=O) groups is 2. The molecule has 4 aliphatic carbocycles. The average molecular weight is 374 g/mol. The van der Waals surface area contributed by atoms with E-state index in [-0.39, 0.29) is 34.6 Å². The number of esters is 1. The second-order valence-electron chi connectivity index (χ2n) is 9.81. The summed E-state index contributed by atoms with van der Waals surface area (Å²) in [4.78, 5) is 26.0. The van der Waals surface area contributed by atoms with Crippen molar-refractivity contribution in [1.29, 1.82) is 0 Å². The van der Waals surface area contributed by atoms with Crippen LogP contribution in [0, 0.1) is 34.5 Å². The largest absolute Gasteiger partial charge is 0.469 e.